The minimum atomic E-state index is 0.577. The van der Waals surface area contributed by atoms with Gasteiger partial charge in [-0.3, -0.25) is 4.90 Å². The van der Waals surface area contributed by atoms with Gasteiger partial charge in [0, 0.05) is 32.3 Å². The molecule has 0 aromatic heterocycles. The predicted octanol–water partition coefficient (Wildman–Crippen LogP) is 2.37. The zero-order valence-electron chi connectivity index (χ0n) is 12.6. The number of rotatable bonds is 10. The van der Waals surface area contributed by atoms with Crippen molar-refractivity contribution in [3.63, 3.8) is 0 Å². The van der Waals surface area contributed by atoms with Crippen molar-refractivity contribution in [2.75, 3.05) is 33.4 Å². The van der Waals surface area contributed by atoms with E-state index in [9.17, 15) is 0 Å². The van der Waals surface area contributed by atoms with E-state index in [2.05, 4.69) is 44.8 Å². The van der Waals surface area contributed by atoms with Gasteiger partial charge < -0.3 is 10.1 Å². The monoisotopic (exact) mass is 244 g/mol. The first-order valence-corrected chi connectivity index (χ1v) is 6.97. The Morgan fingerprint density at radius 2 is 1.82 bits per heavy atom. The maximum absolute atomic E-state index is 5.19. The quantitative estimate of drug-likeness (QED) is 0.638. The summed E-state index contributed by atoms with van der Waals surface area (Å²) >= 11 is 0. The molecule has 104 valence electrons. The molecule has 0 heterocycles. The zero-order chi connectivity index (χ0) is 13.3. The van der Waals surface area contributed by atoms with E-state index >= 15 is 0 Å². The molecule has 0 aliphatic rings. The highest BCUT2D eigenvalue weighted by molar-refractivity contribution is 4.70. The van der Waals surface area contributed by atoms with E-state index in [1.807, 2.05) is 0 Å². The highest BCUT2D eigenvalue weighted by Crippen LogP contribution is 2.07. The number of hydrogen-bond donors (Lipinski definition) is 1. The molecule has 1 N–H and O–H groups in total. The molecule has 0 amide bonds. The molecule has 0 aromatic carbocycles. The summed E-state index contributed by atoms with van der Waals surface area (Å²) in [6, 6.07) is 1.22. The second-order valence-electron chi connectivity index (χ2n) is 5.41. The van der Waals surface area contributed by atoms with Crippen LogP contribution in [0.3, 0.4) is 0 Å². The number of hydrogen-bond acceptors (Lipinski definition) is 3. The van der Waals surface area contributed by atoms with Gasteiger partial charge in [-0.25, -0.2) is 0 Å². The van der Waals surface area contributed by atoms with Gasteiger partial charge in [0.05, 0.1) is 6.61 Å². The third kappa shape index (κ3) is 8.58. The molecule has 2 unspecified atom stereocenters. The molecule has 3 heteroatoms. The van der Waals surface area contributed by atoms with Crippen molar-refractivity contribution in [2.45, 2.75) is 53.1 Å². The van der Waals surface area contributed by atoms with Crippen LogP contribution in [-0.2, 0) is 4.74 Å². The fraction of sp³-hybridized carbons (Fsp3) is 1.00. The highest BCUT2D eigenvalue weighted by Gasteiger charge is 2.15. The van der Waals surface area contributed by atoms with E-state index in [1.54, 1.807) is 7.11 Å². The number of ether oxygens (including phenoxy) is 1. The van der Waals surface area contributed by atoms with Crippen molar-refractivity contribution in [1.29, 1.82) is 0 Å². The summed E-state index contributed by atoms with van der Waals surface area (Å²) in [5.41, 5.74) is 0. The van der Waals surface area contributed by atoms with Crippen LogP contribution in [0.2, 0.25) is 0 Å². The molecule has 3 nitrogen and oxygen atoms in total. The van der Waals surface area contributed by atoms with Gasteiger partial charge in [-0.1, -0.05) is 27.7 Å². The molecule has 0 aromatic rings. The molecule has 0 aliphatic heterocycles. The summed E-state index contributed by atoms with van der Waals surface area (Å²) in [5.74, 6) is 0.684. The molecule has 0 fully saturated rings. The van der Waals surface area contributed by atoms with Gasteiger partial charge in [0.25, 0.3) is 0 Å². The number of nitrogens with zero attached hydrogens (tertiary/aromatic N) is 1. The third-order valence-corrected chi connectivity index (χ3v) is 3.22. The first-order valence-electron chi connectivity index (χ1n) is 6.97. The fourth-order valence-corrected chi connectivity index (χ4v) is 1.86. The first kappa shape index (κ1) is 16.9. The molecule has 0 saturated carbocycles. The van der Waals surface area contributed by atoms with Crippen molar-refractivity contribution in [3.05, 3.63) is 0 Å². The lowest BCUT2D eigenvalue weighted by atomic mass is 10.1. The molecule has 0 radical (unpaired) electrons. The summed E-state index contributed by atoms with van der Waals surface area (Å²) in [7, 11) is 1.78. The van der Waals surface area contributed by atoms with Crippen LogP contribution in [0.15, 0.2) is 0 Å². The van der Waals surface area contributed by atoms with E-state index in [0.29, 0.717) is 18.0 Å². The Morgan fingerprint density at radius 3 is 2.29 bits per heavy atom. The molecule has 0 spiro atoms. The summed E-state index contributed by atoms with van der Waals surface area (Å²) in [6.45, 7) is 15.4. The Bertz CT molecular complexity index is 174. The van der Waals surface area contributed by atoms with Crippen molar-refractivity contribution < 1.29 is 4.74 Å². The van der Waals surface area contributed by atoms with Gasteiger partial charge >= 0.3 is 0 Å². The lowest BCUT2D eigenvalue weighted by Crippen LogP contribution is -2.41. The van der Waals surface area contributed by atoms with E-state index < -0.39 is 0 Å². The van der Waals surface area contributed by atoms with Crippen LogP contribution >= 0.6 is 0 Å². The molecule has 0 bridgehead atoms. The number of methoxy groups -OCH3 is 1. The van der Waals surface area contributed by atoms with Gasteiger partial charge in [0.15, 0.2) is 0 Å². The van der Waals surface area contributed by atoms with E-state index in [0.717, 1.165) is 26.2 Å². The van der Waals surface area contributed by atoms with Crippen LogP contribution < -0.4 is 5.32 Å². The Morgan fingerprint density at radius 1 is 1.18 bits per heavy atom. The third-order valence-electron chi connectivity index (χ3n) is 3.22. The molecular weight excluding hydrogens is 212 g/mol. The Kier molecular flexibility index (Phi) is 9.79. The Balaban J connectivity index is 4.03. The van der Waals surface area contributed by atoms with Crippen LogP contribution in [0.25, 0.3) is 0 Å². The average Bonchev–Trinajstić information content (AvgIpc) is 2.30. The molecule has 0 saturated heterocycles. The van der Waals surface area contributed by atoms with Crippen molar-refractivity contribution >= 4 is 0 Å². The summed E-state index contributed by atoms with van der Waals surface area (Å²) in [4.78, 5) is 2.54. The van der Waals surface area contributed by atoms with Crippen LogP contribution in [0.1, 0.15) is 41.0 Å². The lowest BCUT2D eigenvalue weighted by molar-refractivity contribution is 0.111. The maximum Gasteiger partial charge on any atom is 0.0589 e. The van der Waals surface area contributed by atoms with Gasteiger partial charge in [-0.05, 0) is 25.8 Å². The van der Waals surface area contributed by atoms with Gasteiger partial charge in [-0.2, -0.15) is 0 Å². The van der Waals surface area contributed by atoms with Crippen molar-refractivity contribution in [2.24, 2.45) is 5.92 Å². The topological polar surface area (TPSA) is 24.5 Å². The minimum Gasteiger partial charge on any atom is -0.383 e. The fourth-order valence-electron chi connectivity index (χ4n) is 1.86. The van der Waals surface area contributed by atoms with Crippen LogP contribution in [0.4, 0.5) is 0 Å². The van der Waals surface area contributed by atoms with Crippen molar-refractivity contribution in [1.82, 2.24) is 10.2 Å². The summed E-state index contributed by atoms with van der Waals surface area (Å²) in [5, 5.41) is 3.51. The lowest BCUT2D eigenvalue weighted by Gasteiger charge is -2.31. The molecule has 0 aliphatic carbocycles. The van der Waals surface area contributed by atoms with Crippen molar-refractivity contribution in [3.8, 4) is 0 Å². The minimum absolute atomic E-state index is 0.577. The molecular formula is C14H32N2O. The Hall–Kier alpha value is -0.120. The van der Waals surface area contributed by atoms with E-state index in [-0.39, 0.29) is 0 Å². The second-order valence-corrected chi connectivity index (χ2v) is 5.41. The second kappa shape index (κ2) is 9.86. The summed E-state index contributed by atoms with van der Waals surface area (Å²) in [6.07, 6.45) is 1.20. The van der Waals surface area contributed by atoms with Gasteiger partial charge in [0.1, 0.15) is 0 Å². The summed E-state index contributed by atoms with van der Waals surface area (Å²) < 4.78 is 5.19. The number of nitrogens with one attached hydrogen (secondary N) is 1. The highest BCUT2D eigenvalue weighted by atomic mass is 16.5. The Labute approximate surface area is 108 Å². The first-order chi connectivity index (χ1) is 8.01. The smallest absolute Gasteiger partial charge is 0.0589 e. The normalized spacial score (nSPS) is 15.5. The zero-order valence-corrected chi connectivity index (χ0v) is 12.6. The van der Waals surface area contributed by atoms with E-state index in [1.165, 1.54) is 6.42 Å². The van der Waals surface area contributed by atoms with Crippen LogP contribution in [-0.4, -0.2) is 50.3 Å². The standard InChI is InChI=1S/C14H32N2O/c1-7-14(5)16(8-9-17-6)11-13(4)10-15-12(2)3/h12-15H,7-11H2,1-6H3. The predicted molar refractivity (Wildman–Crippen MR) is 75.5 cm³/mol. The van der Waals surface area contributed by atoms with E-state index in [4.69, 9.17) is 4.74 Å². The maximum atomic E-state index is 5.19. The molecule has 0 rings (SSSR count). The molecule has 2 atom stereocenters. The largest absolute Gasteiger partial charge is 0.383 e. The van der Waals surface area contributed by atoms with Gasteiger partial charge in [0.2, 0.25) is 0 Å². The SMILES string of the molecule is CCC(C)N(CCOC)CC(C)CNC(C)C. The van der Waals surface area contributed by atoms with Crippen LogP contribution in [0.5, 0.6) is 0 Å². The molecule has 17 heavy (non-hydrogen) atoms. The van der Waals surface area contributed by atoms with Crippen LogP contribution in [0, 0.1) is 5.92 Å². The average molecular weight is 244 g/mol. The van der Waals surface area contributed by atoms with Gasteiger partial charge in [-0.15, -0.1) is 0 Å².